The fraction of sp³-hybridized carbons (Fsp3) is 0.538. The van der Waals surface area contributed by atoms with Crippen molar-refractivity contribution < 1.29 is 8.42 Å². The second kappa shape index (κ2) is 6.20. The Morgan fingerprint density at radius 1 is 1.17 bits per heavy atom. The number of rotatable bonds is 6. The first-order valence-corrected chi connectivity index (χ1v) is 7.62. The van der Waals surface area contributed by atoms with E-state index >= 15 is 0 Å². The summed E-state index contributed by atoms with van der Waals surface area (Å²) in [6, 6.07) is 9.40. The summed E-state index contributed by atoms with van der Waals surface area (Å²) in [5.74, 6) is 0. The van der Waals surface area contributed by atoms with Crippen LogP contribution in [0.4, 0.5) is 5.69 Å². The van der Waals surface area contributed by atoms with Gasteiger partial charge in [0.15, 0.2) is 0 Å². The average molecular weight is 270 g/mol. The van der Waals surface area contributed by atoms with Gasteiger partial charge in [0, 0.05) is 19.6 Å². The number of nitrogens with one attached hydrogen (secondary N) is 1. The van der Waals surface area contributed by atoms with Crippen LogP contribution < -0.4 is 9.62 Å². The van der Waals surface area contributed by atoms with Crippen molar-refractivity contribution in [2.45, 2.75) is 32.1 Å². The van der Waals surface area contributed by atoms with Gasteiger partial charge in [-0.25, -0.2) is 8.42 Å². The summed E-state index contributed by atoms with van der Waals surface area (Å²) in [5, 5.41) is 2.70. The number of para-hydroxylation sites is 1. The third-order valence-corrected chi connectivity index (χ3v) is 4.98. The Balaban J connectivity index is 2.80. The zero-order valence-electron chi connectivity index (χ0n) is 11.4. The Morgan fingerprint density at radius 2 is 1.72 bits per heavy atom. The van der Waals surface area contributed by atoms with Crippen molar-refractivity contribution >= 4 is 15.7 Å². The van der Waals surface area contributed by atoms with Gasteiger partial charge in [-0.3, -0.25) is 4.31 Å². The van der Waals surface area contributed by atoms with Gasteiger partial charge in [-0.05, 0) is 19.1 Å². The molecule has 0 aliphatic heterocycles. The second-order valence-corrected chi connectivity index (χ2v) is 7.10. The molecule has 1 unspecified atom stereocenters. The molecule has 1 rings (SSSR count). The maximum Gasteiger partial charge on any atom is 0.238 e. The monoisotopic (exact) mass is 270 g/mol. The second-order valence-electron chi connectivity index (χ2n) is 4.72. The van der Waals surface area contributed by atoms with Crippen LogP contribution in [0.3, 0.4) is 0 Å². The van der Waals surface area contributed by atoms with Crippen LogP contribution in [0.2, 0.25) is 0 Å². The summed E-state index contributed by atoms with van der Waals surface area (Å²) in [6.07, 6.45) is 0. The van der Waals surface area contributed by atoms with Gasteiger partial charge in [0.2, 0.25) is 10.0 Å². The van der Waals surface area contributed by atoms with E-state index in [1.807, 2.05) is 32.0 Å². The van der Waals surface area contributed by atoms with Gasteiger partial charge >= 0.3 is 0 Å². The molecule has 0 heterocycles. The van der Waals surface area contributed by atoms with Gasteiger partial charge in [0.25, 0.3) is 0 Å². The molecule has 1 aromatic rings. The van der Waals surface area contributed by atoms with E-state index in [1.165, 1.54) is 4.31 Å². The number of sulfonamides is 1. The lowest BCUT2D eigenvalue weighted by molar-refractivity contribution is 0.549. The van der Waals surface area contributed by atoms with Crippen LogP contribution in [0.25, 0.3) is 0 Å². The van der Waals surface area contributed by atoms with Crippen molar-refractivity contribution in [1.29, 1.82) is 0 Å². The van der Waals surface area contributed by atoms with Gasteiger partial charge in [-0.2, -0.15) is 0 Å². The largest absolute Gasteiger partial charge is 0.313 e. The normalized spacial score (nSPS) is 13.6. The molecular formula is C13H22N2O2S. The van der Waals surface area contributed by atoms with Gasteiger partial charge in [-0.15, -0.1) is 0 Å². The maximum atomic E-state index is 12.3. The molecule has 1 atom stereocenters. The predicted molar refractivity (Wildman–Crippen MR) is 76.4 cm³/mol. The van der Waals surface area contributed by atoms with E-state index in [1.54, 1.807) is 26.1 Å². The number of hydrogen-bond acceptors (Lipinski definition) is 3. The standard InChI is InChI=1S/C13H22N2O2S/c1-11(2)14-10-12(3)18(16,17)15(4)13-8-6-5-7-9-13/h5-9,11-12,14H,10H2,1-4H3. The van der Waals surface area contributed by atoms with E-state index in [2.05, 4.69) is 5.32 Å². The zero-order chi connectivity index (χ0) is 13.8. The lowest BCUT2D eigenvalue weighted by Crippen LogP contribution is -2.41. The van der Waals surface area contributed by atoms with Crippen LogP contribution in [0, 0.1) is 0 Å². The summed E-state index contributed by atoms with van der Waals surface area (Å²) in [4.78, 5) is 0. The van der Waals surface area contributed by atoms with E-state index < -0.39 is 15.3 Å². The number of hydrogen-bond donors (Lipinski definition) is 1. The minimum Gasteiger partial charge on any atom is -0.313 e. The van der Waals surface area contributed by atoms with Crippen molar-refractivity contribution in [3.05, 3.63) is 30.3 Å². The van der Waals surface area contributed by atoms with Gasteiger partial charge < -0.3 is 5.32 Å². The minimum absolute atomic E-state index is 0.282. The molecule has 0 aliphatic rings. The number of nitrogens with zero attached hydrogens (tertiary/aromatic N) is 1. The Kier molecular flexibility index (Phi) is 5.16. The molecule has 0 aliphatic carbocycles. The van der Waals surface area contributed by atoms with Crippen LogP contribution in [-0.4, -0.2) is 33.3 Å². The highest BCUT2D eigenvalue weighted by Gasteiger charge is 2.25. The summed E-state index contributed by atoms with van der Waals surface area (Å²) in [7, 11) is -1.72. The van der Waals surface area contributed by atoms with Crippen molar-refractivity contribution in [2.24, 2.45) is 0 Å². The van der Waals surface area contributed by atoms with E-state index in [9.17, 15) is 8.42 Å². The summed E-state index contributed by atoms with van der Waals surface area (Å²) in [5.41, 5.74) is 0.689. The molecule has 4 nitrogen and oxygen atoms in total. The molecule has 0 radical (unpaired) electrons. The molecule has 102 valence electrons. The third kappa shape index (κ3) is 3.71. The van der Waals surface area contributed by atoms with E-state index in [-0.39, 0.29) is 6.04 Å². The molecule has 0 saturated heterocycles. The van der Waals surface area contributed by atoms with Crippen molar-refractivity contribution in [1.82, 2.24) is 5.32 Å². The van der Waals surface area contributed by atoms with Gasteiger partial charge in [-0.1, -0.05) is 32.0 Å². The van der Waals surface area contributed by atoms with Crippen LogP contribution in [0.5, 0.6) is 0 Å². The van der Waals surface area contributed by atoms with Crippen molar-refractivity contribution in [2.75, 3.05) is 17.9 Å². The maximum absolute atomic E-state index is 12.3. The lowest BCUT2D eigenvalue weighted by Gasteiger charge is -2.24. The van der Waals surface area contributed by atoms with Gasteiger partial charge in [0.05, 0.1) is 10.9 Å². The first-order chi connectivity index (χ1) is 8.35. The topological polar surface area (TPSA) is 49.4 Å². The fourth-order valence-corrected chi connectivity index (χ4v) is 2.82. The highest BCUT2D eigenvalue weighted by molar-refractivity contribution is 7.93. The van der Waals surface area contributed by atoms with E-state index in [0.29, 0.717) is 12.2 Å². The summed E-state index contributed by atoms with van der Waals surface area (Å²) >= 11 is 0. The Bertz CT molecular complexity index is 457. The number of anilines is 1. The van der Waals surface area contributed by atoms with Crippen LogP contribution in [0.1, 0.15) is 20.8 Å². The van der Waals surface area contributed by atoms with Crippen molar-refractivity contribution in [3.8, 4) is 0 Å². The Hall–Kier alpha value is -1.07. The average Bonchev–Trinajstić information content (AvgIpc) is 2.35. The van der Waals surface area contributed by atoms with Crippen LogP contribution >= 0.6 is 0 Å². The smallest absolute Gasteiger partial charge is 0.238 e. The Labute approximate surface area is 110 Å². The fourth-order valence-electron chi connectivity index (χ4n) is 1.56. The minimum atomic E-state index is -3.32. The SMILES string of the molecule is CC(C)NCC(C)S(=O)(=O)N(C)c1ccccc1. The summed E-state index contributed by atoms with van der Waals surface area (Å²) < 4.78 is 26.0. The first-order valence-electron chi connectivity index (χ1n) is 6.12. The molecule has 0 amide bonds. The molecule has 0 bridgehead atoms. The lowest BCUT2D eigenvalue weighted by atomic mass is 10.3. The molecule has 1 aromatic carbocycles. The molecule has 1 N–H and O–H groups in total. The molecular weight excluding hydrogens is 248 g/mol. The highest BCUT2D eigenvalue weighted by atomic mass is 32.2. The van der Waals surface area contributed by atoms with Crippen LogP contribution in [0.15, 0.2) is 30.3 Å². The molecule has 0 aromatic heterocycles. The van der Waals surface area contributed by atoms with Crippen LogP contribution in [-0.2, 0) is 10.0 Å². The highest BCUT2D eigenvalue weighted by Crippen LogP contribution is 2.17. The summed E-state index contributed by atoms with van der Waals surface area (Å²) in [6.45, 7) is 6.18. The predicted octanol–water partition coefficient (Wildman–Crippen LogP) is 1.84. The molecule has 18 heavy (non-hydrogen) atoms. The van der Waals surface area contributed by atoms with Crippen molar-refractivity contribution in [3.63, 3.8) is 0 Å². The van der Waals surface area contributed by atoms with E-state index in [4.69, 9.17) is 0 Å². The quantitative estimate of drug-likeness (QED) is 0.858. The van der Waals surface area contributed by atoms with Gasteiger partial charge in [0.1, 0.15) is 0 Å². The molecule has 0 saturated carbocycles. The number of benzene rings is 1. The Morgan fingerprint density at radius 3 is 2.22 bits per heavy atom. The molecule has 0 fully saturated rings. The van der Waals surface area contributed by atoms with E-state index in [0.717, 1.165) is 0 Å². The zero-order valence-corrected chi connectivity index (χ0v) is 12.2. The molecule has 0 spiro atoms. The third-order valence-electron chi connectivity index (χ3n) is 2.82. The molecule has 5 heteroatoms. The first kappa shape index (κ1) is 15.0.